The molecule has 1 fully saturated rings. The van der Waals surface area contributed by atoms with Crippen molar-refractivity contribution in [1.82, 2.24) is 4.98 Å². The summed E-state index contributed by atoms with van der Waals surface area (Å²) in [5.74, 6) is 1.08. The summed E-state index contributed by atoms with van der Waals surface area (Å²) in [5.41, 5.74) is 1.20. The Kier molecular flexibility index (Phi) is 4.44. The van der Waals surface area contributed by atoms with E-state index >= 15 is 0 Å². The number of anilines is 1. The number of aromatic nitrogens is 1. The standard InChI is InChI=1S/C12H16Br2N2O/c1-8-7-10(13)11(14)15-12(8)16-5-3-9(17-2)4-6-16/h7,9H,3-6H2,1-2H3. The zero-order valence-electron chi connectivity index (χ0n) is 10.0. The van der Waals surface area contributed by atoms with Gasteiger partial charge in [-0.1, -0.05) is 0 Å². The number of halogens is 2. The lowest BCUT2D eigenvalue weighted by molar-refractivity contribution is 0.0818. The summed E-state index contributed by atoms with van der Waals surface area (Å²) >= 11 is 6.94. The third-order valence-corrected chi connectivity index (χ3v) is 4.91. The molecule has 0 aliphatic carbocycles. The van der Waals surface area contributed by atoms with Crippen LogP contribution in [0.25, 0.3) is 0 Å². The number of hydrogen-bond donors (Lipinski definition) is 0. The van der Waals surface area contributed by atoms with E-state index in [4.69, 9.17) is 4.74 Å². The molecule has 0 radical (unpaired) electrons. The van der Waals surface area contributed by atoms with Crippen LogP contribution in [0.15, 0.2) is 15.1 Å². The Labute approximate surface area is 119 Å². The molecule has 0 amide bonds. The molecule has 17 heavy (non-hydrogen) atoms. The van der Waals surface area contributed by atoms with Crippen molar-refractivity contribution in [1.29, 1.82) is 0 Å². The number of pyridine rings is 1. The molecule has 1 aromatic rings. The van der Waals surface area contributed by atoms with Gasteiger partial charge in [0.25, 0.3) is 0 Å². The molecule has 2 rings (SSSR count). The molecule has 1 aliphatic rings. The van der Waals surface area contributed by atoms with Gasteiger partial charge >= 0.3 is 0 Å². The van der Waals surface area contributed by atoms with E-state index in [0.717, 1.165) is 40.8 Å². The van der Waals surface area contributed by atoms with Crippen molar-refractivity contribution in [3.63, 3.8) is 0 Å². The first-order chi connectivity index (χ1) is 8.11. The lowest BCUT2D eigenvalue weighted by atomic mass is 10.1. The van der Waals surface area contributed by atoms with Crippen molar-refractivity contribution in [2.24, 2.45) is 0 Å². The molecule has 0 spiro atoms. The molecule has 94 valence electrons. The van der Waals surface area contributed by atoms with E-state index in [1.54, 1.807) is 7.11 Å². The number of piperidine rings is 1. The lowest BCUT2D eigenvalue weighted by Crippen LogP contribution is -2.37. The van der Waals surface area contributed by atoms with E-state index in [9.17, 15) is 0 Å². The minimum atomic E-state index is 0.408. The van der Waals surface area contributed by atoms with Crippen molar-refractivity contribution >= 4 is 37.7 Å². The van der Waals surface area contributed by atoms with Gasteiger partial charge in [-0.25, -0.2) is 4.98 Å². The first-order valence-electron chi connectivity index (χ1n) is 5.72. The van der Waals surface area contributed by atoms with E-state index in [2.05, 4.69) is 54.7 Å². The van der Waals surface area contributed by atoms with Gasteiger partial charge in [0.15, 0.2) is 0 Å². The summed E-state index contributed by atoms with van der Waals surface area (Å²) in [5, 5.41) is 0. The minimum absolute atomic E-state index is 0.408. The molecule has 3 nitrogen and oxygen atoms in total. The van der Waals surface area contributed by atoms with Crippen LogP contribution < -0.4 is 4.90 Å². The van der Waals surface area contributed by atoms with Crippen LogP contribution in [0.1, 0.15) is 18.4 Å². The van der Waals surface area contributed by atoms with Gasteiger partial charge in [-0.2, -0.15) is 0 Å². The second kappa shape index (κ2) is 5.67. The van der Waals surface area contributed by atoms with E-state index < -0.39 is 0 Å². The van der Waals surface area contributed by atoms with Crippen LogP contribution in [0.3, 0.4) is 0 Å². The van der Waals surface area contributed by atoms with Crippen LogP contribution in [0.4, 0.5) is 5.82 Å². The van der Waals surface area contributed by atoms with Gasteiger partial charge in [0, 0.05) is 20.2 Å². The molecule has 1 aliphatic heterocycles. The van der Waals surface area contributed by atoms with Crippen LogP contribution in [-0.4, -0.2) is 31.3 Å². The molecule has 0 aromatic carbocycles. The maximum Gasteiger partial charge on any atom is 0.132 e. The molecule has 5 heteroatoms. The quantitative estimate of drug-likeness (QED) is 0.751. The second-order valence-electron chi connectivity index (χ2n) is 4.32. The second-order valence-corrected chi connectivity index (χ2v) is 5.93. The molecule has 0 saturated carbocycles. The molecule has 2 heterocycles. The fourth-order valence-corrected chi connectivity index (χ4v) is 2.89. The van der Waals surface area contributed by atoms with Gasteiger partial charge in [0.1, 0.15) is 10.4 Å². The van der Waals surface area contributed by atoms with Gasteiger partial charge in [0.2, 0.25) is 0 Å². The molecule has 0 N–H and O–H groups in total. The molecule has 0 atom stereocenters. The largest absolute Gasteiger partial charge is 0.381 e. The number of ether oxygens (including phenoxy) is 1. The van der Waals surface area contributed by atoms with E-state index in [1.165, 1.54) is 5.56 Å². The average molecular weight is 364 g/mol. The molecule has 0 unspecified atom stereocenters. The number of nitrogens with zero attached hydrogens (tertiary/aromatic N) is 2. The highest BCUT2D eigenvalue weighted by Crippen LogP contribution is 2.29. The molecule has 0 bridgehead atoms. The zero-order chi connectivity index (χ0) is 12.4. The summed E-state index contributed by atoms with van der Waals surface area (Å²) < 4.78 is 7.26. The Morgan fingerprint density at radius 3 is 2.59 bits per heavy atom. The number of methoxy groups -OCH3 is 1. The van der Waals surface area contributed by atoms with Crippen molar-refractivity contribution in [2.75, 3.05) is 25.1 Å². The Morgan fingerprint density at radius 2 is 2.00 bits per heavy atom. The minimum Gasteiger partial charge on any atom is -0.381 e. The predicted molar refractivity (Wildman–Crippen MR) is 76.6 cm³/mol. The van der Waals surface area contributed by atoms with Gasteiger partial charge in [0.05, 0.1) is 10.6 Å². The van der Waals surface area contributed by atoms with Crippen molar-refractivity contribution < 1.29 is 4.74 Å². The van der Waals surface area contributed by atoms with Gasteiger partial charge in [-0.15, -0.1) is 0 Å². The summed E-state index contributed by atoms with van der Waals surface area (Å²) in [6, 6.07) is 2.11. The summed E-state index contributed by atoms with van der Waals surface area (Å²) in [6.07, 6.45) is 2.56. The van der Waals surface area contributed by atoms with Crippen LogP contribution >= 0.6 is 31.9 Å². The fourth-order valence-electron chi connectivity index (χ4n) is 2.17. The Balaban J connectivity index is 2.16. The van der Waals surface area contributed by atoms with E-state index in [1.807, 2.05) is 0 Å². The van der Waals surface area contributed by atoms with Crippen LogP contribution in [0.5, 0.6) is 0 Å². The molecular formula is C12H16Br2N2O. The predicted octanol–water partition coefficient (Wildman–Crippen LogP) is 3.53. The maximum absolute atomic E-state index is 5.38. The number of aryl methyl sites for hydroxylation is 1. The van der Waals surface area contributed by atoms with Crippen LogP contribution in [0, 0.1) is 6.92 Å². The highest BCUT2D eigenvalue weighted by Gasteiger charge is 2.21. The SMILES string of the molecule is COC1CCN(c2nc(Br)c(Br)cc2C)CC1. The zero-order valence-corrected chi connectivity index (χ0v) is 13.2. The van der Waals surface area contributed by atoms with Crippen molar-refractivity contribution in [3.05, 3.63) is 20.7 Å². The third kappa shape index (κ3) is 3.01. The van der Waals surface area contributed by atoms with Gasteiger partial charge in [-0.05, 0) is 63.3 Å². The van der Waals surface area contributed by atoms with E-state index in [-0.39, 0.29) is 0 Å². The van der Waals surface area contributed by atoms with Crippen molar-refractivity contribution in [2.45, 2.75) is 25.9 Å². The number of hydrogen-bond acceptors (Lipinski definition) is 3. The third-order valence-electron chi connectivity index (χ3n) is 3.17. The monoisotopic (exact) mass is 362 g/mol. The fraction of sp³-hybridized carbons (Fsp3) is 0.583. The summed E-state index contributed by atoms with van der Waals surface area (Å²) in [6.45, 7) is 4.13. The van der Waals surface area contributed by atoms with Crippen LogP contribution in [0.2, 0.25) is 0 Å². The molecule has 1 aromatic heterocycles. The first-order valence-corrected chi connectivity index (χ1v) is 7.31. The Bertz CT molecular complexity index is 404. The van der Waals surface area contributed by atoms with Crippen molar-refractivity contribution in [3.8, 4) is 0 Å². The van der Waals surface area contributed by atoms with E-state index in [0.29, 0.717) is 6.10 Å². The summed E-state index contributed by atoms with van der Waals surface area (Å²) in [4.78, 5) is 6.94. The smallest absolute Gasteiger partial charge is 0.132 e. The summed E-state index contributed by atoms with van der Waals surface area (Å²) in [7, 11) is 1.79. The maximum atomic E-state index is 5.38. The van der Waals surface area contributed by atoms with Crippen LogP contribution in [-0.2, 0) is 4.74 Å². The highest BCUT2D eigenvalue weighted by atomic mass is 79.9. The normalized spacial score (nSPS) is 17.5. The number of rotatable bonds is 2. The van der Waals surface area contributed by atoms with Gasteiger partial charge in [-0.3, -0.25) is 0 Å². The Morgan fingerprint density at radius 1 is 1.35 bits per heavy atom. The highest BCUT2D eigenvalue weighted by molar-refractivity contribution is 9.13. The lowest BCUT2D eigenvalue weighted by Gasteiger charge is -2.33. The first kappa shape index (κ1) is 13.3. The van der Waals surface area contributed by atoms with Gasteiger partial charge < -0.3 is 9.64 Å². The topological polar surface area (TPSA) is 25.4 Å². The average Bonchev–Trinajstić information content (AvgIpc) is 2.34. The molecule has 1 saturated heterocycles. The Hall–Kier alpha value is -0.130. The molecular weight excluding hydrogens is 348 g/mol.